The van der Waals surface area contributed by atoms with Gasteiger partial charge in [-0.15, -0.1) is 0 Å². The molecule has 124 valence electrons. The van der Waals surface area contributed by atoms with Crippen LogP contribution >= 0.6 is 34.5 Å². The van der Waals surface area contributed by atoms with Gasteiger partial charge in [0.15, 0.2) is 4.80 Å². The van der Waals surface area contributed by atoms with E-state index in [2.05, 4.69) is 11.9 Å². The molecule has 6 heteroatoms. The van der Waals surface area contributed by atoms with E-state index in [-0.39, 0.29) is 12.3 Å². The van der Waals surface area contributed by atoms with Crippen LogP contribution in [0.15, 0.2) is 41.4 Å². The second kappa shape index (κ2) is 7.09. The SMILES string of the molecule is CCc1ccc(CC(=O)N=c2sc3c(Cl)ccc(Cl)c3n2C)cc1. The van der Waals surface area contributed by atoms with Gasteiger partial charge < -0.3 is 4.57 Å². The third-order valence-electron chi connectivity index (χ3n) is 3.86. The maximum absolute atomic E-state index is 12.3. The lowest BCUT2D eigenvalue weighted by Gasteiger charge is -2.00. The summed E-state index contributed by atoms with van der Waals surface area (Å²) in [4.78, 5) is 17.1. The Morgan fingerprint density at radius 3 is 2.33 bits per heavy atom. The molecule has 2 aromatic carbocycles. The number of hydrogen-bond donors (Lipinski definition) is 0. The fourth-order valence-electron chi connectivity index (χ4n) is 2.50. The average Bonchev–Trinajstić information content (AvgIpc) is 2.90. The molecule has 1 aromatic heterocycles. The smallest absolute Gasteiger partial charge is 0.252 e. The molecule has 0 saturated heterocycles. The number of thiazole rings is 1. The molecule has 0 N–H and O–H groups in total. The van der Waals surface area contributed by atoms with Gasteiger partial charge in [0, 0.05) is 7.05 Å². The van der Waals surface area contributed by atoms with Crippen LogP contribution in [-0.4, -0.2) is 10.5 Å². The van der Waals surface area contributed by atoms with E-state index in [1.807, 2.05) is 35.9 Å². The topological polar surface area (TPSA) is 34.4 Å². The number of hydrogen-bond acceptors (Lipinski definition) is 2. The Labute approximate surface area is 154 Å². The molecule has 24 heavy (non-hydrogen) atoms. The molecule has 3 nitrogen and oxygen atoms in total. The lowest BCUT2D eigenvalue weighted by molar-refractivity contribution is -0.117. The summed E-state index contributed by atoms with van der Waals surface area (Å²) in [6, 6.07) is 11.5. The molecule has 0 radical (unpaired) electrons. The molecule has 1 heterocycles. The Bertz CT molecular complexity index is 971. The Kier molecular flexibility index (Phi) is 5.09. The van der Waals surface area contributed by atoms with Crippen molar-refractivity contribution < 1.29 is 4.79 Å². The molecule has 0 atom stereocenters. The highest BCUT2D eigenvalue weighted by Gasteiger charge is 2.11. The van der Waals surface area contributed by atoms with Gasteiger partial charge in [-0.05, 0) is 29.7 Å². The number of nitrogens with zero attached hydrogens (tertiary/aromatic N) is 2. The molecule has 0 spiro atoms. The van der Waals surface area contributed by atoms with E-state index in [4.69, 9.17) is 23.2 Å². The van der Waals surface area contributed by atoms with E-state index in [9.17, 15) is 4.79 Å². The lowest BCUT2D eigenvalue weighted by Crippen LogP contribution is -2.14. The number of amides is 1. The summed E-state index contributed by atoms with van der Waals surface area (Å²) >= 11 is 13.8. The Hall–Kier alpha value is -1.62. The number of benzene rings is 2. The first-order chi connectivity index (χ1) is 11.5. The summed E-state index contributed by atoms with van der Waals surface area (Å²) < 4.78 is 2.65. The maximum atomic E-state index is 12.3. The van der Waals surface area contributed by atoms with Crippen LogP contribution in [0.25, 0.3) is 10.2 Å². The zero-order valence-electron chi connectivity index (χ0n) is 13.3. The van der Waals surface area contributed by atoms with Crippen LogP contribution in [0.1, 0.15) is 18.1 Å². The third kappa shape index (κ3) is 3.41. The van der Waals surface area contributed by atoms with Crippen molar-refractivity contribution in [1.29, 1.82) is 0 Å². The van der Waals surface area contributed by atoms with Crippen LogP contribution < -0.4 is 4.80 Å². The van der Waals surface area contributed by atoms with Gasteiger partial charge in [-0.25, -0.2) is 0 Å². The summed E-state index contributed by atoms with van der Waals surface area (Å²) in [5.41, 5.74) is 3.01. The standard InChI is InChI=1S/C18H16Cl2N2OS/c1-3-11-4-6-12(7-5-11)10-15(23)21-18-22(2)16-13(19)8-9-14(20)17(16)24-18/h4-9H,3,10H2,1-2H3. The fourth-order valence-corrected chi connectivity index (χ4v) is 4.17. The van der Waals surface area contributed by atoms with Crippen molar-refractivity contribution in [2.75, 3.05) is 0 Å². The van der Waals surface area contributed by atoms with Gasteiger partial charge in [0.05, 0.1) is 26.7 Å². The van der Waals surface area contributed by atoms with Crippen LogP contribution in [0.5, 0.6) is 0 Å². The monoisotopic (exact) mass is 378 g/mol. The van der Waals surface area contributed by atoms with E-state index in [0.717, 1.165) is 22.2 Å². The molecule has 0 bridgehead atoms. The summed E-state index contributed by atoms with van der Waals surface area (Å²) in [5.74, 6) is -0.186. The highest BCUT2D eigenvalue weighted by molar-refractivity contribution is 7.17. The average molecular weight is 379 g/mol. The minimum atomic E-state index is -0.186. The Morgan fingerprint density at radius 1 is 1.08 bits per heavy atom. The van der Waals surface area contributed by atoms with Gasteiger partial charge in [-0.1, -0.05) is 65.7 Å². The molecule has 0 unspecified atom stereocenters. The van der Waals surface area contributed by atoms with Gasteiger partial charge >= 0.3 is 0 Å². The second-order valence-electron chi connectivity index (χ2n) is 5.50. The number of carbonyl (C=O) groups excluding carboxylic acids is 1. The molecule has 0 aliphatic rings. The zero-order valence-corrected chi connectivity index (χ0v) is 15.7. The van der Waals surface area contributed by atoms with Crippen molar-refractivity contribution in [2.45, 2.75) is 19.8 Å². The summed E-state index contributed by atoms with van der Waals surface area (Å²) in [6.07, 6.45) is 1.26. The van der Waals surface area contributed by atoms with Crippen molar-refractivity contribution >= 4 is 50.7 Å². The highest BCUT2D eigenvalue weighted by Crippen LogP contribution is 2.31. The van der Waals surface area contributed by atoms with Crippen LogP contribution in [0.4, 0.5) is 0 Å². The summed E-state index contributed by atoms with van der Waals surface area (Å²) in [5, 5.41) is 1.20. The number of carbonyl (C=O) groups is 1. The van der Waals surface area contributed by atoms with Crippen molar-refractivity contribution in [3.05, 3.63) is 62.4 Å². The third-order valence-corrected chi connectivity index (χ3v) is 5.75. The van der Waals surface area contributed by atoms with Crippen LogP contribution in [0.3, 0.4) is 0 Å². The van der Waals surface area contributed by atoms with Crippen LogP contribution in [0.2, 0.25) is 10.0 Å². The summed E-state index contributed by atoms with van der Waals surface area (Å²) in [7, 11) is 1.84. The van der Waals surface area contributed by atoms with Crippen LogP contribution in [0, 0.1) is 0 Å². The van der Waals surface area contributed by atoms with Crippen molar-refractivity contribution in [1.82, 2.24) is 4.57 Å². The number of aromatic nitrogens is 1. The van der Waals surface area contributed by atoms with E-state index in [1.54, 1.807) is 12.1 Å². The largest absolute Gasteiger partial charge is 0.318 e. The number of fused-ring (bicyclic) bond motifs is 1. The molecule has 0 fully saturated rings. The lowest BCUT2D eigenvalue weighted by atomic mass is 10.1. The molecular formula is C18H16Cl2N2OS. The molecule has 0 aliphatic carbocycles. The second-order valence-corrected chi connectivity index (χ2v) is 7.29. The van der Waals surface area contributed by atoms with Gasteiger partial charge in [-0.3, -0.25) is 4.79 Å². The first kappa shape index (κ1) is 17.2. The normalized spacial score (nSPS) is 12.1. The molecule has 3 rings (SSSR count). The Morgan fingerprint density at radius 2 is 1.71 bits per heavy atom. The Balaban J connectivity index is 1.94. The highest BCUT2D eigenvalue weighted by atomic mass is 35.5. The minimum absolute atomic E-state index is 0.186. The first-order valence-electron chi connectivity index (χ1n) is 7.58. The number of rotatable bonds is 3. The van der Waals surface area contributed by atoms with Gasteiger partial charge in [0.1, 0.15) is 0 Å². The van der Waals surface area contributed by atoms with Crippen molar-refractivity contribution in [3.63, 3.8) is 0 Å². The zero-order chi connectivity index (χ0) is 17.3. The minimum Gasteiger partial charge on any atom is -0.318 e. The van der Waals surface area contributed by atoms with E-state index < -0.39 is 0 Å². The van der Waals surface area contributed by atoms with Gasteiger partial charge in [0.25, 0.3) is 5.91 Å². The summed E-state index contributed by atoms with van der Waals surface area (Å²) in [6.45, 7) is 2.10. The van der Waals surface area contributed by atoms with Gasteiger partial charge in [-0.2, -0.15) is 4.99 Å². The first-order valence-corrected chi connectivity index (χ1v) is 9.15. The molecule has 0 aliphatic heterocycles. The molecule has 1 amide bonds. The maximum Gasteiger partial charge on any atom is 0.252 e. The number of halogens is 2. The quantitative estimate of drug-likeness (QED) is 0.645. The van der Waals surface area contributed by atoms with Crippen molar-refractivity contribution in [2.24, 2.45) is 12.0 Å². The van der Waals surface area contributed by atoms with Crippen molar-refractivity contribution in [3.8, 4) is 0 Å². The van der Waals surface area contributed by atoms with Gasteiger partial charge in [0.2, 0.25) is 0 Å². The number of aryl methyl sites for hydroxylation is 2. The van der Waals surface area contributed by atoms with E-state index >= 15 is 0 Å². The van der Waals surface area contributed by atoms with Crippen LogP contribution in [-0.2, 0) is 24.7 Å². The predicted octanol–water partition coefficient (Wildman–Crippen LogP) is 4.78. The molecular weight excluding hydrogens is 363 g/mol. The van der Waals surface area contributed by atoms with E-state index in [0.29, 0.717) is 14.8 Å². The predicted molar refractivity (Wildman–Crippen MR) is 101 cm³/mol. The molecule has 0 saturated carbocycles. The molecule has 3 aromatic rings. The van der Waals surface area contributed by atoms with E-state index in [1.165, 1.54) is 16.9 Å². The fraction of sp³-hybridized carbons (Fsp3) is 0.222.